The molecule has 19 heavy (non-hydrogen) atoms. The lowest BCUT2D eigenvalue weighted by Crippen LogP contribution is -2.22. The Morgan fingerprint density at radius 2 is 1.89 bits per heavy atom. The number of nitrogens with zero attached hydrogens (tertiary/aromatic N) is 1. The molecule has 1 unspecified atom stereocenters. The molecule has 1 rings (SSSR count). The van der Waals surface area contributed by atoms with Gasteiger partial charge in [0.05, 0.1) is 0 Å². The summed E-state index contributed by atoms with van der Waals surface area (Å²) < 4.78 is 1.07. The average Bonchev–Trinajstić information content (AvgIpc) is 2.42. The van der Waals surface area contributed by atoms with Crippen molar-refractivity contribution in [1.29, 1.82) is 0 Å². The number of hydrogen-bond donors (Lipinski definition) is 1. The van der Waals surface area contributed by atoms with E-state index in [9.17, 15) is 0 Å². The Kier molecular flexibility index (Phi) is 9.10. The van der Waals surface area contributed by atoms with Gasteiger partial charge in [-0.25, -0.2) is 0 Å². The minimum Gasteiger partial charge on any atom is -0.310 e. The third kappa shape index (κ3) is 7.07. The van der Waals surface area contributed by atoms with Crippen molar-refractivity contribution < 1.29 is 0 Å². The number of nitrogens with one attached hydrogen (secondary N) is 1. The molecule has 0 radical (unpaired) electrons. The van der Waals surface area contributed by atoms with Gasteiger partial charge in [-0.1, -0.05) is 46.0 Å². The van der Waals surface area contributed by atoms with Gasteiger partial charge in [-0.05, 0) is 46.9 Å². The summed E-state index contributed by atoms with van der Waals surface area (Å²) in [6.07, 6.45) is 12.9. The number of pyridine rings is 1. The Morgan fingerprint density at radius 1 is 1.11 bits per heavy atom. The van der Waals surface area contributed by atoms with E-state index in [-0.39, 0.29) is 0 Å². The molecule has 0 bridgehead atoms. The predicted molar refractivity (Wildman–Crippen MR) is 86.3 cm³/mol. The molecule has 0 saturated carbocycles. The standard InChI is InChI=1S/C16H27BrN2/c1-3-5-6-7-8-9-16(19-10-4-2)14-11-15(17)13-18-12-14/h11-13,16,19H,3-10H2,1-2H3. The quantitative estimate of drug-likeness (QED) is 0.594. The third-order valence-electron chi connectivity index (χ3n) is 3.37. The van der Waals surface area contributed by atoms with Crippen LogP contribution >= 0.6 is 15.9 Å². The normalized spacial score (nSPS) is 12.6. The largest absolute Gasteiger partial charge is 0.310 e. The van der Waals surface area contributed by atoms with Crippen molar-refractivity contribution in [2.45, 2.75) is 64.8 Å². The van der Waals surface area contributed by atoms with Crippen molar-refractivity contribution in [1.82, 2.24) is 10.3 Å². The molecular formula is C16H27BrN2. The molecule has 1 N–H and O–H groups in total. The lowest BCUT2D eigenvalue weighted by molar-refractivity contribution is 0.467. The Bertz CT molecular complexity index is 341. The Morgan fingerprint density at radius 3 is 2.58 bits per heavy atom. The van der Waals surface area contributed by atoms with Crippen LogP contribution in [-0.4, -0.2) is 11.5 Å². The van der Waals surface area contributed by atoms with E-state index < -0.39 is 0 Å². The van der Waals surface area contributed by atoms with E-state index >= 15 is 0 Å². The monoisotopic (exact) mass is 326 g/mol. The smallest absolute Gasteiger partial charge is 0.0410 e. The van der Waals surface area contributed by atoms with Gasteiger partial charge < -0.3 is 5.32 Å². The van der Waals surface area contributed by atoms with E-state index in [4.69, 9.17) is 0 Å². The Balaban J connectivity index is 2.47. The van der Waals surface area contributed by atoms with E-state index in [1.807, 2.05) is 12.4 Å². The number of halogens is 1. The summed E-state index contributed by atoms with van der Waals surface area (Å²) in [6.45, 7) is 5.55. The first-order valence-corrected chi connectivity index (χ1v) is 8.41. The highest BCUT2D eigenvalue weighted by Gasteiger charge is 2.10. The number of hydrogen-bond acceptors (Lipinski definition) is 2. The second kappa shape index (κ2) is 10.4. The highest BCUT2D eigenvalue weighted by Crippen LogP contribution is 2.22. The van der Waals surface area contributed by atoms with Gasteiger partial charge in [-0.15, -0.1) is 0 Å². The second-order valence-corrected chi connectivity index (χ2v) is 6.06. The molecule has 0 saturated heterocycles. The first kappa shape index (κ1) is 16.6. The highest BCUT2D eigenvalue weighted by molar-refractivity contribution is 9.10. The van der Waals surface area contributed by atoms with Gasteiger partial charge in [0.15, 0.2) is 0 Å². The van der Waals surface area contributed by atoms with E-state index in [0.717, 1.165) is 11.0 Å². The fraction of sp³-hybridized carbons (Fsp3) is 0.688. The molecule has 2 nitrogen and oxygen atoms in total. The highest BCUT2D eigenvalue weighted by atomic mass is 79.9. The van der Waals surface area contributed by atoms with Crippen molar-refractivity contribution in [3.63, 3.8) is 0 Å². The van der Waals surface area contributed by atoms with E-state index in [0.29, 0.717) is 6.04 Å². The van der Waals surface area contributed by atoms with E-state index in [1.54, 1.807) is 0 Å². The van der Waals surface area contributed by atoms with Gasteiger partial charge in [0, 0.05) is 22.9 Å². The predicted octanol–water partition coefficient (Wildman–Crippen LogP) is 5.25. The molecule has 1 aromatic rings. The number of aromatic nitrogens is 1. The van der Waals surface area contributed by atoms with E-state index in [2.05, 4.69) is 46.1 Å². The maximum absolute atomic E-state index is 4.28. The summed E-state index contributed by atoms with van der Waals surface area (Å²) in [4.78, 5) is 4.28. The maximum Gasteiger partial charge on any atom is 0.0410 e. The molecule has 0 amide bonds. The fourth-order valence-electron chi connectivity index (χ4n) is 2.28. The van der Waals surface area contributed by atoms with Crippen LogP contribution < -0.4 is 5.32 Å². The summed E-state index contributed by atoms with van der Waals surface area (Å²) in [5.41, 5.74) is 1.30. The van der Waals surface area contributed by atoms with Crippen LogP contribution in [0.5, 0.6) is 0 Å². The average molecular weight is 327 g/mol. The van der Waals surface area contributed by atoms with Crippen molar-refractivity contribution in [2.75, 3.05) is 6.54 Å². The Hall–Kier alpha value is -0.410. The van der Waals surface area contributed by atoms with Crippen LogP contribution in [0.15, 0.2) is 22.9 Å². The van der Waals surface area contributed by atoms with Gasteiger partial charge in [0.1, 0.15) is 0 Å². The van der Waals surface area contributed by atoms with Gasteiger partial charge in [-0.2, -0.15) is 0 Å². The maximum atomic E-state index is 4.28. The van der Waals surface area contributed by atoms with Crippen LogP contribution in [0, 0.1) is 0 Å². The lowest BCUT2D eigenvalue weighted by atomic mass is 10.0. The summed E-state index contributed by atoms with van der Waals surface area (Å²) in [5.74, 6) is 0. The van der Waals surface area contributed by atoms with Crippen molar-refractivity contribution in [2.24, 2.45) is 0 Å². The molecule has 0 aromatic carbocycles. The van der Waals surface area contributed by atoms with Gasteiger partial charge in [0.25, 0.3) is 0 Å². The van der Waals surface area contributed by atoms with Crippen LogP contribution in [0.3, 0.4) is 0 Å². The molecule has 1 atom stereocenters. The molecule has 3 heteroatoms. The van der Waals surface area contributed by atoms with Crippen LogP contribution in [0.1, 0.15) is 70.4 Å². The van der Waals surface area contributed by atoms with Crippen LogP contribution in [0.4, 0.5) is 0 Å². The molecule has 0 aliphatic heterocycles. The minimum absolute atomic E-state index is 0.451. The van der Waals surface area contributed by atoms with Crippen molar-refractivity contribution >= 4 is 15.9 Å². The molecular weight excluding hydrogens is 300 g/mol. The van der Waals surface area contributed by atoms with Gasteiger partial charge >= 0.3 is 0 Å². The van der Waals surface area contributed by atoms with Crippen molar-refractivity contribution in [3.8, 4) is 0 Å². The summed E-state index contributed by atoms with van der Waals surface area (Å²) in [5, 5.41) is 3.64. The fourth-order valence-corrected chi connectivity index (χ4v) is 2.66. The lowest BCUT2D eigenvalue weighted by Gasteiger charge is -2.19. The second-order valence-electron chi connectivity index (χ2n) is 5.15. The zero-order valence-electron chi connectivity index (χ0n) is 12.3. The summed E-state index contributed by atoms with van der Waals surface area (Å²) in [6, 6.07) is 2.64. The van der Waals surface area contributed by atoms with Crippen LogP contribution in [0.25, 0.3) is 0 Å². The molecule has 0 spiro atoms. The first-order valence-electron chi connectivity index (χ1n) is 7.61. The van der Waals surface area contributed by atoms with Gasteiger partial charge in [0.2, 0.25) is 0 Å². The van der Waals surface area contributed by atoms with E-state index in [1.165, 1.54) is 50.5 Å². The third-order valence-corrected chi connectivity index (χ3v) is 3.80. The minimum atomic E-state index is 0.451. The molecule has 1 aromatic heterocycles. The summed E-state index contributed by atoms with van der Waals surface area (Å²) in [7, 11) is 0. The molecule has 0 fully saturated rings. The Labute approximate surface area is 126 Å². The molecule has 0 aliphatic carbocycles. The number of rotatable bonds is 10. The zero-order valence-corrected chi connectivity index (χ0v) is 13.9. The van der Waals surface area contributed by atoms with Crippen LogP contribution in [-0.2, 0) is 0 Å². The zero-order chi connectivity index (χ0) is 13.9. The molecule has 108 valence electrons. The van der Waals surface area contributed by atoms with Crippen LogP contribution in [0.2, 0.25) is 0 Å². The SMILES string of the molecule is CCCCCCCC(NCCC)c1cncc(Br)c1. The summed E-state index contributed by atoms with van der Waals surface area (Å²) >= 11 is 3.51. The van der Waals surface area contributed by atoms with Crippen molar-refractivity contribution in [3.05, 3.63) is 28.5 Å². The van der Waals surface area contributed by atoms with Gasteiger partial charge in [-0.3, -0.25) is 4.98 Å². The molecule has 1 heterocycles. The topological polar surface area (TPSA) is 24.9 Å². The molecule has 0 aliphatic rings. The first-order chi connectivity index (χ1) is 9.27. The number of unbranched alkanes of at least 4 members (excludes halogenated alkanes) is 4.